The molecule has 1 amide bonds. The molecule has 0 unspecified atom stereocenters. The van der Waals surface area contributed by atoms with Crippen molar-refractivity contribution in [1.82, 2.24) is 10.3 Å². The zero-order chi connectivity index (χ0) is 15.9. The van der Waals surface area contributed by atoms with E-state index >= 15 is 0 Å². The van der Waals surface area contributed by atoms with E-state index in [1.807, 2.05) is 50.2 Å². The second kappa shape index (κ2) is 7.23. The van der Waals surface area contributed by atoms with Gasteiger partial charge in [-0.25, -0.2) is 0 Å². The molecular weight excluding hydrogens is 276 g/mol. The van der Waals surface area contributed by atoms with Crippen molar-refractivity contribution in [2.24, 2.45) is 5.92 Å². The highest BCUT2D eigenvalue weighted by atomic mass is 16.1. The highest BCUT2D eigenvalue weighted by molar-refractivity contribution is 5.98. The van der Waals surface area contributed by atoms with Crippen LogP contribution in [-0.2, 0) is 4.79 Å². The molecule has 1 aromatic heterocycles. The molecule has 1 aromatic carbocycles. The molecule has 2 N–H and O–H groups in total. The predicted molar refractivity (Wildman–Crippen MR) is 86.9 cm³/mol. The van der Waals surface area contributed by atoms with Gasteiger partial charge in [-0.2, -0.15) is 5.26 Å². The van der Waals surface area contributed by atoms with Crippen molar-refractivity contribution in [2.45, 2.75) is 13.8 Å². The van der Waals surface area contributed by atoms with E-state index in [9.17, 15) is 4.79 Å². The van der Waals surface area contributed by atoms with Crippen molar-refractivity contribution in [3.8, 4) is 6.07 Å². The lowest BCUT2D eigenvalue weighted by molar-refractivity contribution is -0.117. The first-order valence-electron chi connectivity index (χ1n) is 7.10. The van der Waals surface area contributed by atoms with Gasteiger partial charge < -0.3 is 10.6 Å². The fraction of sp³-hybridized carbons (Fsp3) is 0.235. The summed E-state index contributed by atoms with van der Waals surface area (Å²) in [4.78, 5) is 16.2. The number of hydrogen-bond acceptors (Lipinski definition) is 4. The van der Waals surface area contributed by atoms with Crippen LogP contribution in [0.3, 0.4) is 0 Å². The molecule has 2 rings (SSSR count). The molecule has 0 aliphatic rings. The van der Waals surface area contributed by atoms with E-state index in [0.29, 0.717) is 12.5 Å². The van der Waals surface area contributed by atoms with E-state index in [4.69, 9.17) is 5.26 Å². The quantitative estimate of drug-likeness (QED) is 0.656. The summed E-state index contributed by atoms with van der Waals surface area (Å²) in [5.41, 5.74) is 1.58. The molecule has 0 radical (unpaired) electrons. The first-order valence-corrected chi connectivity index (χ1v) is 7.10. The van der Waals surface area contributed by atoms with Crippen molar-refractivity contribution in [3.05, 3.63) is 48.3 Å². The number of nitrogens with one attached hydrogen (secondary N) is 2. The van der Waals surface area contributed by atoms with Gasteiger partial charge in [0.25, 0.3) is 5.91 Å². The smallest absolute Gasteiger partial charge is 0.263 e. The van der Waals surface area contributed by atoms with E-state index in [2.05, 4.69) is 15.6 Å². The number of hydrogen-bond donors (Lipinski definition) is 2. The number of anilines is 1. The summed E-state index contributed by atoms with van der Waals surface area (Å²) in [5, 5.41) is 15.8. The number of nitriles is 1. The Kier molecular flexibility index (Phi) is 5.10. The number of fused-ring (bicyclic) bond motifs is 1. The SMILES string of the molecule is CC(C)CNC(=O)/C(C#N)=C\Nc1cccc2cccnc12. The average molecular weight is 294 g/mol. The maximum atomic E-state index is 11.9. The average Bonchev–Trinajstić information content (AvgIpc) is 2.53. The third kappa shape index (κ3) is 3.83. The molecule has 5 nitrogen and oxygen atoms in total. The minimum atomic E-state index is -0.378. The summed E-state index contributed by atoms with van der Waals surface area (Å²) < 4.78 is 0. The van der Waals surface area contributed by atoms with Crippen LogP contribution < -0.4 is 10.6 Å². The lowest BCUT2D eigenvalue weighted by atomic mass is 10.2. The Labute approximate surface area is 129 Å². The molecular formula is C17H18N4O. The van der Waals surface area contributed by atoms with Crippen LogP contribution in [0.2, 0.25) is 0 Å². The predicted octanol–water partition coefficient (Wildman–Crippen LogP) is 2.83. The van der Waals surface area contributed by atoms with Gasteiger partial charge in [0.2, 0.25) is 0 Å². The number of aromatic nitrogens is 1. The van der Waals surface area contributed by atoms with Gasteiger partial charge in [0.1, 0.15) is 11.6 Å². The van der Waals surface area contributed by atoms with E-state index in [1.54, 1.807) is 6.20 Å². The van der Waals surface area contributed by atoms with Gasteiger partial charge >= 0.3 is 0 Å². The lowest BCUT2D eigenvalue weighted by Gasteiger charge is -2.08. The van der Waals surface area contributed by atoms with E-state index in [1.165, 1.54) is 6.20 Å². The summed E-state index contributed by atoms with van der Waals surface area (Å²) >= 11 is 0. The molecule has 112 valence electrons. The van der Waals surface area contributed by atoms with E-state index in [-0.39, 0.29) is 11.5 Å². The third-order valence-electron chi connectivity index (χ3n) is 3.04. The summed E-state index contributed by atoms with van der Waals surface area (Å²) in [7, 11) is 0. The molecule has 22 heavy (non-hydrogen) atoms. The van der Waals surface area contributed by atoms with Gasteiger partial charge in [0, 0.05) is 24.3 Å². The van der Waals surface area contributed by atoms with Gasteiger partial charge in [-0.3, -0.25) is 9.78 Å². The van der Waals surface area contributed by atoms with Crippen molar-refractivity contribution in [3.63, 3.8) is 0 Å². The van der Waals surface area contributed by atoms with Gasteiger partial charge in [-0.1, -0.05) is 32.0 Å². The van der Waals surface area contributed by atoms with Crippen LogP contribution in [-0.4, -0.2) is 17.4 Å². The Bertz CT molecular complexity index is 738. The second-order valence-electron chi connectivity index (χ2n) is 5.30. The van der Waals surface area contributed by atoms with Crippen molar-refractivity contribution < 1.29 is 4.79 Å². The molecule has 0 bridgehead atoms. The van der Waals surface area contributed by atoms with E-state index < -0.39 is 0 Å². The number of benzene rings is 1. The molecule has 0 atom stereocenters. The van der Waals surface area contributed by atoms with Crippen molar-refractivity contribution in [2.75, 3.05) is 11.9 Å². The fourth-order valence-electron chi connectivity index (χ4n) is 1.91. The van der Waals surface area contributed by atoms with Gasteiger partial charge in [-0.15, -0.1) is 0 Å². The summed E-state index contributed by atoms with van der Waals surface area (Å²) in [6.45, 7) is 4.53. The highest BCUT2D eigenvalue weighted by Gasteiger charge is 2.09. The summed E-state index contributed by atoms with van der Waals surface area (Å²) in [5.74, 6) is -0.0454. The fourth-order valence-corrected chi connectivity index (χ4v) is 1.91. The minimum absolute atomic E-state index is 0.0357. The Morgan fingerprint density at radius 3 is 2.86 bits per heavy atom. The second-order valence-corrected chi connectivity index (χ2v) is 5.30. The molecule has 2 aromatic rings. The van der Waals surface area contributed by atoms with Crippen molar-refractivity contribution >= 4 is 22.5 Å². The van der Waals surface area contributed by atoms with Crippen LogP contribution in [0.5, 0.6) is 0 Å². The van der Waals surface area contributed by atoms with Crippen LogP contribution >= 0.6 is 0 Å². The van der Waals surface area contributed by atoms with Crippen LogP contribution in [0.4, 0.5) is 5.69 Å². The number of amides is 1. The topological polar surface area (TPSA) is 77.8 Å². The summed E-state index contributed by atoms with van der Waals surface area (Å²) in [6, 6.07) is 11.4. The maximum Gasteiger partial charge on any atom is 0.263 e. The lowest BCUT2D eigenvalue weighted by Crippen LogP contribution is -2.28. The highest BCUT2D eigenvalue weighted by Crippen LogP contribution is 2.20. The first kappa shape index (κ1) is 15.5. The molecule has 0 saturated heterocycles. The molecule has 0 aliphatic carbocycles. The van der Waals surface area contributed by atoms with Crippen molar-refractivity contribution in [1.29, 1.82) is 5.26 Å². The van der Waals surface area contributed by atoms with Gasteiger partial charge in [0.05, 0.1) is 11.2 Å². The first-order chi connectivity index (χ1) is 10.6. The monoisotopic (exact) mass is 294 g/mol. The minimum Gasteiger partial charge on any atom is -0.358 e. The van der Waals surface area contributed by atoms with Crippen LogP contribution in [0.15, 0.2) is 48.3 Å². The molecule has 0 aliphatic heterocycles. The molecule has 0 fully saturated rings. The van der Waals surface area contributed by atoms with Crippen LogP contribution in [0.1, 0.15) is 13.8 Å². The Balaban J connectivity index is 2.17. The number of pyridine rings is 1. The zero-order valence-electron chi connectivity index (χ0n) is 12.6. The number of para-hydroxylation sites is 1. The summed E-state index contributed by atoms with van der Waals surface area (Å²) in [6.07, 6.45) is 3.12. The number of rotatable bonds is 5. The zero-order valence-corrected chi connectivity index (χ0v) is 12.6. The third-order valence-corrected chi connectivity index (χ3v) is 3.04. The normalized spacial score (nSPS) is 11.3. The van der Waals surface area contributed by atoms with Gasteiger partial charge in [-0.05, 0) is 18.1 Å². The largest absolute Gasteiger partial charge is 0.358 e. The molecule has 1 heterocycles. The Morgan fingerprint density at radius 2 is 2.14 bits per heavy atom. The number of carbonyl (C=O) groups is 1. The Morgan fingerprint density at radius 1 is 1.36 bits per heavy atom. The van der Waals surface area contributed by atoms with Crippen LogP contribution in [0, 0.1) is 17.2 Å². The standard InChI is InChI=1S/C17H18N4O/c1-12(2)10-21-17(22)14(9-18)11-20-15-7-3-5-13-6-4-8-19-16(13)15/h3-8,11-12,20H,10H2,1-2H3,(H,21,22)/b14-11-. The maximum absolute atomic E-state index is 11.9. The van der Waals surface area contributed by atoms with E-state index in [0.717, 1.165) is 16.6 Å². The number of nitrogens with zero attached hydrogens (tertiary/aromatic N) is 2. The van der Waals surface area contributed by atoms with Crippen LogP contribution in [0.25, 0.3) is 10.9 Å². The number of carbonyl (C=O) groups excluding carboxylic acids is 1. The van der Waals surface area contributed by atoms with Gasteiger partial charge in [0.15, 0.2) is 0 Å². The molecule has 0 spiro atoms. The Hall–Kier alpha value is -2.87. The molecule has 5 heteroatoms. The molecule has 0 saturated carbocycles.